The Hall–Kier alpha value is -1.65. The molecule has 1 aliphatic heterocycles. The minimum Gasteiger partial charge on any atom is -0.375 e. The van der Waals surface area contributed by atoms with Crippen LogP contribution in [0.2, 0.25) is 0 Å². The van der Waals surface area contributed by atoms with Crippen molar-refractivity contribution in [3.8, 4) is 0 Å². The molecular formula is C22H32IN5OS. The van der Waals surface area contributed by atoms with Gasteiger partial charge in [-0.15, -0.1) is 35.3 Å². The first kappa shape index (κ1) is 24.6. The smallest absolute Gasteiger partial charge is 0.194 e. The van der Waals surface area contributed by atoms with E-state index in [-0.39, 0.29) is 30.1 Å². The van der Waals surface area contributed by atoms with Crippen LogP contribution >= 0.6 is 35.3 Å². The predicted octanol–water partition coefficient (Wildman–Crippen LogP) is 4.44. The fourth-order valence-electron chi connectivity index (χ4n) is 3.18. The van der Waals surface area contributed by atoms with Crippen molar-refractivity contribution in [3.05, 3.63) is 58.1 Å². The van der Waals surface area contributed by atoms with Gasteiger partial charge in [-0.25, -0.2) is 9.98 Å². The van der Waals surface area contributed by atoms with Crippen molar-refractivity contribution in [2.75, 3.05) is 38.7 Å². The van der Waals surface area contributed by atoms with E-state index < -0.39 is 0 Å². The number of guanidine groups is 1. The number of ether oxygens (including phenoxy) is 1. The number of halogens is 1. The Labute approximate surface area is 201 Å². The molecule has 1 aromatic carbocycles. The van der Waals surface area contributed by atoms with Gasteiger partial charge in [0.05, 0.1) is 18.8 Å². The van der Waals surface area contributed by atoms with E-state index in [1.54, 1.807) is 18.4 Å². The van der Waals surface area contributed by atoms with Gasteiger partial charge in [-0.3, -0.25) is 0 Å². The number of aliphatic imine (C=N–C) groups is 1. The Morgan fingerprint density at radius 2 is 2.13 bits per heavy atom. The number of benzene rings is 1. The van der Waals surface area contributed by atoms with Crippen LogP contribution < -0.4 is 10.2 Å². The van der Waals surface area contributed by atoms with Gasteiger partial charge in [0.1, 0.15) is 11.1 Å². The second kappa shape index (κ2) is 12.3. The van der Waals surface area contributed by atoms with E-state index in [2.05, 4.69) is 63.8 Å². The minimum atomic E-state index is 0. The van der Waals surface area contributed by atoms with Crippen LogP contribution in [0, 0.1) is 0 Å². The van der Waals surface area contributed by atoms with Gasteiger partial charge in [-0.1, -0.05) is 24.3 Å². The highest BCUT2D eigenvalue weighted by molar-refractivity contribution is 14.0. The summed E-state index contributed by atoms with van der Waals surface area (Å²) in [5.74, 6) is 0.884. The van der Waals surface area contributed by atoms with Crippen LogP contribution in [0.15, 0.2) is 46.8 Å². The van der Waals surface area contributed by atoms with Crippen molar-refractivity contribution < 1.29 is 4.74 Å². The van der Waals surface area contributed by atoms with E-state index in [1.165, 1.54) is 11.3 Å². The summed E-state index contributed by atoms with van der Waals surface area (Å²) in [5.41, 5.74) is 3.50. The number of hydrogen-bond donors (Lipinski definition) is 1. The lowest BCUT2D eigenvalue weighted by molar-refractivity contribution is 0.119. The van der Waals surface area contributed by atoms with Crippen molar-refractivity contribution in [1.29, 1.82) is 0 Å². The summed E-state index contributed by atoms with van der Waals surface area (Å²) in [4.78, 5) is 14.0. The quantitative estimate of drug-likeness (QED) is 0.232. The lowest BCUT2D eigenvalue weighted by Crippen LogP contribution is -2.38. The normalized spacial score (nSPS) is 14.5. The molecule has 0 bridgehead atoms. The lowest BCUT2D eigenvalue weighted by atomic mass is 10.2. The standard InChI is InChI=1S/C22H31N5OS.HI/c1-5-23-22(26(3)15-19-16-29-21(25-19)17(2)28-4)24-14-18-9-8-10-20(13-18)27-11-6-7-12-27;/h6-10,13,16-17H,5,11-12,14-15H2,1-4H3,(H,23,24);1H. The molecule has 8 heteroatoms. The van der Waals surface area contributed by atoms with Crippen molar-refractivity contribution in [2.45, 2.75) is 33.0 Å². The molecule has 164 valence electrons. The third-order valence-corrected chi connectivity index (χ3v) is 5.93. The summed E-state index contributed by atoms with van der Waals surface area (Å²) in [6, 6.07) is 8.65. The zero-order valence-corrected chi connectivity index (χ0v) is 21.3. The minimum absolute atomic E-state index is 0. The van der Waals surface area contributed by atoms with Gasteiger partial charge in [0.25, 0.3) is 0 Å². The zero-order valence-electron chi connectivity index (χ0n) is 18.2. The van der Waals surface area contributed by atoms with Gasteiger partial charge in [0, 0.05) is 44.9 Å². The number of methoxy groups -OCH3 is 1. The van der Waals surface area contributed by atoms with Gasteiger partial charge in [-0.2, -0.15) is 0 Å². The summed E-state index contributed by atoms with van der Waals surface area (Å²) in [5, 5.41) is 6.49. The molecule has 6 nitrogen and oxygen atoms in total. The van der Waals surface area contributed by atoms with E-state index in [9.17, 15) is 0 Å². The molecule has 0 radical (unpaired) electrons. The fraction of sp³-hybridized carbons (Fsp3) is 0.455. The van der Waals surface area contributed by atoms with Crippen molar-refractivity contribution in [3.63, 3.8) is 0 Å². The first-order chi connectivity index (χ1) is 14.1. The second-order valence-corrected chi connectivity index (χ2v) is 8.02. The Balaban J connectivity index is 0.00000320. The molecule has 2 aromatic rings. The SMILES string of the molecule is CCNC(=NCc1cccc(N2CC=CC2)c1)N(C)Cc1csc(C(C)OC)n1.I. The summed E-state index contributed by atoms with van der Waals surface area (Å²) in [6.07, 6.45) is 4.44. The molecule has 0 aliphatic carbocycles. The molecule has 1 aliphatic rings. The van der Waals surface area contributed by atoms with Crippen molar-refractivity contribution in [1.82, 2.24) is 15.2 Å². The molecule has 1 N–H and O–H groups in total. The molecule has 1 unspecified atom stereocenters. The van der Waals surface area contributed by atoms with Crippen LogP contribution in [0.4, 0.5) is 5.69 Å². The predicted molar refractivity (Wildman–Crippen MR) is 137 cm³/mol. The molecule has 0 fully saturated rings. The number of anilines is 1. The van der Waals surface area contributed by atoms with E-state index >= 15 is 0 Å². The number of aromatic nitrogens is 1. The van der Waals surface area contributed by atoms with Crippen LogP contribution in [0.5, 0.6) is 0 Å². The third-order valence-electron chi connectivity index (χ3n) is 4.87. The maximum absolute atomic E-state index is 5.37. The highest BCUT2D eigenvalue weighted by Gasteiger charge is 2.13. The Morgan fingerprint density at radius 1 is 1.37 bits per heavy atom. The molecule has 1 aromatic heterocycles. The number of rotatable bonds is 8. The van der Waals surface area contributed by atoms with E-state index in [4.69, 9.17) is 14.7 Å². The molecule has 0 saturated heterocycles. The van der Waals surface area contributed by atoms with E-state index in [1.807, 2.05) is 14.0 Å². The Morgan fingerprint density at radius 3 is 2.83 bits per heavy atom. The molecule has 1 atom stereocenters. The third kappa shape index (κ3) is 6.68. The number of hydrogen-bond acceptors (Lipinski definition) is 5. The number of thiazole rings is 1. The lowest BCUT2D eigenvalue weighted by Gasteiger charge is -2.21. The highest BCUT2D eigenvalue weighted by Crippen LogP contribution is 2.21. The summed E-state index contributed by atoms with van der Waals surface area (Å²) < 4.78 is 5.37. The summed E-state index contributed by atoms with van der Waals surface area (Å²) in [7, 11) is 3.76. The topological polar surface area (TPSA) is 53.0 Å². The molecule has 30 heavy (non-hydrogen) atoms. The van der Waals surface area contributed by atoms with Crippen molar-refractivity contribution >= 4 is 47.0 Å². The molecule has 0 amide bonds. The summed E-state index contributed by atoms with van der Waals surface area (Å²) in [6.45, 7) is 8.25. The molecule has 3 rings (SSSR count). The average molecular weight is 542 g/mol. The van der Waals surface area contributed by atoms with Crippen LogP contribution in [-0.2, 0) is 17.8 Å². The molecule has 0 saturated carbocycles. The van der Waals surface area contributed by atoms with Crippen LogP contribution in [0.25, 0.3) is 0 Å². The van der Waals surface area contributed by atoms with E-state index in [0.29, 0.717) is 13.1 Å². The largest absolute Gasteiger partial charge is 0.375 e. The maximum Gasteiger partial charge on any atom is 0.194 e. The Bertz CT molecular complexity index is 846. The van der Waals surface area contributed by atoms with Crippen LogP contribution in [0.3, 0.4) is 0 Å². The van der Waals surface area contributed by atoms with Crippen LogP contribution in [-0.4, -0.2) is 49.6 Å². The average Bonchev–Trinajstić information content (AvgIpc) is 3.43. The molecular weight excluding hydrogens is 509 g/mol. The second-order valence-electron chi connectivity index (χ2n) is 7.13. The Kier molecular flexibility index (Phi) is 10.1. The first-order valence-corrected chi connectivity index (χ1v) is 10.9. The zero-order chi connectivity index (χ0) is 20.6. The van der Waals surface area contributed by atoms with Gasteiger partial charge in [0.2, 0.25) is 0 Å². The monoisotopic (exact) mass is 541 g/mol. The van der Waals surface area contributed by atoms with E-state index in [0.717, 1.165) is 36.3 Å². The molecule has 2 heterocycles. The molecule has 0 spiro atoms. The summed E-state index contributed by atoms with van der Waals surface area (Å²) >= 11 is 1.64. The van der Waals surface area contributed by atoms with Gasteiger partial charge in [-0.05, 0) is 31.5 Å². The van der Waals surface area contributed by atoms with Gasteiger partial charge < -0.3 is 19.9 Å². The van der Waals surface area contributed by atoms with Crippen molar-refractivity contribution in [2.24, 2.45) is 4.99 Å². The number of nitrogens with zero attached hydrogens (tertiary/aromatic N) is 4. The highest BCUT2D eigenvalue weighted by atomic mass is 127. The first-order valence-electron chi connectivity index (χ1n) is 10.1. The maximum atomic E-state index is 5.37. The number of nitrogens with one attached hydrogen (secondary N) is 1. The van der Waals surface area contributed by atoms with Crippen LogP contribution in [0.1, 0.15) is 36.2 Å². The van der Waals surface area contributed by atoms with Gasteiger partial charge >= 0.3 is 0 Å². The van der Waals surface area contributed by atoms with Gasteiger partial charge in [0.15, 0.2) is 5.96 Å². The fourth-order valence-corrected chi connectivity index (χ4v) is 4.02.